The molecule has 3 heterocycles. The number of halogens is 3. The zero-order valence-electron chi connectivity index (χ0n) is 25.2. The van der Waals surface area contributed by atoms with E-state index < -0.39 is 40.2 Å². The Bertz CT molecular complexity index is 1640. The molecular weight excluding hydrogens is 621 g/mol. The molecule has 0 amide bonds. The van der Waals surface area contributed by atoms with Gasteiger partial charge >= 0.3 is 6.18 Å². The Morgan fingerprint density at radius 1 is 0.848 bits per heavy atom. The van der Waals surface area contributed by atoms with Gasteiger partial charge in [0.25, 0.3) is 0 Å². The third kappa shape index (κ3) is 6.98. The van der Waals surface area contributed by atoms with Crippen LogP contribution in [0.5, 0.6) is 17.2 Å². The lowest BCUT2D eigenvalue weighted by Gasteiger charge is -2.32. The molecule has 2 N–H and O–H groups in total. The van der Waals surface area contributed by atoms with Crippen molar-refractivity contribution < 1.29 is 41.3 Å². The highest BCUT2D eigenvalue weighted by molar-refractivity contribution is 7.93. The molecule has 3 aliphatic heterocycles. The summed E-state index contributed by atoms with van der Waals surface area (Å²) in [5, 5.41) is 18.4. The van der Waals surface area contributed by atoms with E-state index in [-0.39, 0.29) is 23.6 Å². The van der Waals surface area contributed by atoms with Gasteiger partial charge in [-0.2, -0.15) is 13.2 Å². The Balaban J connectivity index is 1.25. The van der Waals surface area contributed by atoms with Crippen LogP contribution in [0.1, 0.15) is 43.2 Å². The number of hydrogen-bond donors (Lipinski definition) is 2. The molecule has 3 aromatic rings. The Kier molecular flexibility index (Phi) is 9.22. The number of rotatable bonds is 11. The van der Waals surface area contributed by atoms with E-state index >= 15 is 0 Å². The van der Waals surface area contributed by atoms with Crippen LogP contribution in [-0.2, 0) is 14.8 Å². The van der Waals surface area contributed by atoms with E-state index in [1.165, 1.54) is 67.8 Å². The number of aromatic hydroxyl groups is 2. The molecule has 2 saturated heterocycles. The smallest absolute Gasteiger partial charge is 0.407 e. The molecule has 246 valence electrons. The van der Waals surface area contributed by atoms with Gasteiger partial charge in [0, 0.05) is 6.54 Å². The first-order chi connectivity index (χ1) is 22.0. The number of hydrogen-bond acceptors (Lipinski definition) is 7. The zero-order chi connectivity index (χ0) is 32.5. The lowest BCUT2D eigenvalue weighted by molar-refractivity contribution is -0.117. The Hall–Kier alpha value is -3.74. The molecular formula is C34H37F3N2O6S. The van der Waals surface area contributed by atoms with Gasteiger partial charge in [0.2, 0.25) is 10.0 Å². The average Bonchev–Trinajstić information content (AvgIpc) is 3.63. The molecule has 3 aromatic carbocycles. The van der Waals surface area contributed by atoms with Crippen molar-refractivity contribution in [2.75, 3.05) is 37.1 Å². The van der Waals surface area contributed by atoms with Crippen molar-refractivity contribution >= 4 is 26.9 Å². The third-order valence-corrected chi connectivity index (χ3v) is 11.0. The number of fused-ring (bicyclic) bond motifs is 2. The number of nitrogens with zero attached hydrogens (tertiary/aromatic N) is 2. The number of phenols is 2. The van der Waals surface area contributed by atoms with Crippen molar-refractivity contribution in [3.63, 3.8) is 0 Å². The van der Waals surface area contributed by atoms with Gasteiger partial charge in [-0.3, -0.25) is 4.31 Å². The van der Waals surface area contributed by atoms with Gasteiger partial charge in [-0.15, -0.1) is 0 Å². The van der Waals surface area contributed by atoms with Crippen LogP contribution in [0.15, 0.2) is 72.8 Å². The summed E-state index contributed by atoms with van der Waals surface area (Å²) in [7, 11) is -4.61. The van der Waals surface area contributed by atoms with Gasteiger partial charge in [-0.05, 0) is 110 Å². The van der Waals surface area contributed by atoms with Crippen LogP contribution in [-0.4, -0.2) is 80.0 Å². The SMILES string of the molecule is O=S(=O)([C@@H]1C[C@@H]2O[C@H]1C(c1ccc(O)cc1)=C2c1ccc(O)cc1)N(CC(F)(F)F)c1ccc(OCCCN2CCCCC2)cc1. The minimum atomic E-state index is -4.80. The van der Waals surface area contributed by atoms with Crippen LogP contribution in [0.3, 0.4) is 0 Å². The van der Waals surface area contributed by atoms with Gasteiger partial charge in [0.05, 0.1) is 18.4 Å². The van der Waals surface area contributed by atoms with E-state index in [1.807, 2.05) is 0 Å². The summed E-state index contributed by atoms with van der Waals surface area (Å²) in [6, 6.07) is 18.2. The van der Waals surface area contributed by atoms with Crippen molar-refractivity contribution in [3.05, 3.63) is 83.9 Å². The quantitative estimate of drug-likeness (QED) is 0.237. The van der Waals surface area contributed by atoms with Crippen molar-refractivity contribution in [2.24, 2.45) is 0 Å². The first kappa shape index (κ1) is 32.2. The number of piperidine rings is 1. The molecule has 2 fully saturated rings. The molecule has 0 spiro atoms. The Morgan fingerprint density at radius 3 is 2.02 bits per heavy atom. The molecule has 46 heavy (non-hydrogen) atoms. The predicted octanol–water partition coefficient (Wildman–Crippen LogP) is 6.20. The number of benzene rings is 3. The minimum Gasteiger partial charge on any atom is -0.508 e. The maximum Gasteiger partial charge on any atom is 0.407 e. The summed E-state index contributed by atoms with van der Waals surface area (Å²) in [6.45, 7) is 1.82. The molecule has 0 aliphatic carbocycles. The molecule has 0 aromatic heterocycles. The van der Waals surface area contributed by atoms with Crippen LogP contribution in [0.2, 0.25) is 0 Å². The monoisotopic (exact) mass is 658 g/mol. The van der Waals surface area contributed by atoms with Gasteiger partial charge in [0.15, 0.2) is 0 Å². The van der Waals surface area contributed by atoms with Crippen LogP contribution < -0.4 is 9.04 Å². The third-order valence-electron chi connectivity index (χ3n) is 8.82. The van der Waals surface area contributed by atoms with E-state index in [4.69, 9.17) is 9.47 Å². The van der Waals surface area contributed by atoms with Gasteiger partial charge in [-0.1, -0.05) is 30.7 Å². The highest BCUT2D eigenvalue weighted by Gasteiger charge is 2.55. The zero-order valence-corrected chi connectivity index (χ0v) is 26.0. The van der Waals surface area contributed by atoms with E-state index in [9.17, 15) is 31.8 Å². The molecule has 12 heteroatoms. The number of phenolic OH excluding ortho intramolecular Hbond substituents is 2. The van der Waals surface area contributed by atoms with Crippen LogP contribution >= 0.6 is 0 Å². The maximum atomic E-state index is 14.2. The van der Waals surface area contributed by atoms with Crippen LogP contribution in [0.4, 0.5) is 18.9 Å². The summed E-state index contributed by atoms with van der Waals surface area (Å²) in [6.07, 6.45) is -2.15. The molecule has 3 atom stereocenters. The highest BCUT2D eigenvalue weighted by Crippen LogP contribution is 2.51. The van der Waals surface area contributed by atoms with Crippen molar-refractivity contribution in [3.8, 4) is 17.2 Å². The fraction of sp³-hybridized carbons (Fsp3) is 0.412. The summed E-state index contributed by atoms with van der Waals surface area (Å²) in [5.41, 5.74) is 2.39. The van der Waals surface area contributed by atoms with Crippen molar-refractivity contribution in [1.29, 1.82) is 0 Å². The molecule has 0 saturated carbocycles. The number of anilines is 1. The van der Waals surface area contributed by atoms with Gasteiger partial charge in [0.1, 0.15) is 35.1 Å². The molecule has 8 nitrogen and oxygen atoms in total. The number of likely N-dealkylation sites (tertiary alicyclic amines) is 1. The van der Waals surface area contributed by atoms with Crippen LogP contribution in [0, 0.1) is 0 Å². The van der Waals surface area contributed by atoms with E-state index in [0.717, 1.165) is 26.1 Å². The van der Waals surface area contributed by atoms with Gasteiger partial charge in [-0.25, -0.2) is 8.42 Å². The standard InChI is InChI=1S/C34H37F3N2O6S/c35-34(36,37)22-39(25-9-15-28(16-10-25)44-20-4-19-38-17-2-1-3-18-38)46(42,43)30-21-29-31(23-5-11-26(40)12-6-23)32(33(30)45-29)24-7-13-27(41)14-8-24/h5-16,29-30,33,40-41H,1-4,17-22H2/t29-,30+,33+/m0/s1. The molecule has 6 rings (SSSR count). The first-order valence-electron chi connectivity index (χ1n) is 15.5. The van der Waals surface area contributed by atoms with E-state index in [0.29, 0.717) is 38.9 Å². The fourth-order valence-corrected chi connectivity index (χ4v) is 8.67. The lowest BCUT2D eigenvalue weighted by atomic mass is 9.83. The Labute approximate surface area is 266 Å². The first-order valence-corrected chi connectivity index (χ1v) is 17.0. The second-order valence-corrected chi connectivity index (χ2v) is 14.1. The minimum absolute atomic E-state index is 0.00885. The molecule has 0 unspecified atom stereocenters. The normalized spacial score (nSPS) is 21.9. The van der Waals surface area contributed by atoms with Crippen molar-refractivity contribution in [2.45, 2.75) is 55.7 Å². The fourth-order valence-electron chi connectivity index (χ4n) is 6.67. The van der Waals surface area contributed by atoms with E-state index in [2.05, 4.69) is 4.90 Å². The summed E-state index contributed by atoms with van der Waals surface area (Å²) < 4.78 is 82.5. The second-order valence-electron chi connectivity index (χ2n) is 12.0. The topological polar surface area (TPSA) is 99.5 Å². The second kappa shape index (κ2) is 13.2. The molecule has 2 bridgehead atoms. The number of alkyl halides is 3. The Morgan fingerprint density at radius 2 is 1.43 bits per heavy atom. The average molecular weight is 659 g/mol. The summed E-state index contributed by atoms with van der Waals surface area (Å²) >= 11 is 0. The predicted molar refractivity (Wildman–Crippen MR) is 169 cm³/mol. The number of sulfonamides is 1. The largest absolute Gasteiger partial charge is 0.508 e. The lowest BCUT2D eigenvalue weighted by Crippen LogP contribution is -2.47. The van der Waals surface area contributed by atoms with E-state index in [1.54, 1.807) is 24.3 Å². The summed E-state index contributed by atoms with van der Waals surface area (Å²) in [5.74, 6) is 0.511. The maximum absolute atomic E-state index is 14.2. The highest BCUT2D eigenvalue weighted by atomic mass is 32.2. The molecule has 0 radical (unpaired) electrons. The van der Waals surface area contributed by atoms with Crippen molar-refractivity contribution in [1.82, 2.24) is 4.90 Å². The number of ether oxygens (including phenoxy) is 2. The summed E-state index contributed by atoms with van der Waals surface area (Å²) in [4.78, 5) is 2.39. The van der Waals surface area contributed by atoms with Gasteiger partial charge < -0.3 is 24.6 Å². The van der Waals surface area contributed by atoms with Crippen LogP contribution in [0.25, 0.3) is 11.1 Å². The molecule has 3 aliphatic rings.